The first-order valence-corrected chi connectivity index (χ1v) is 10.5. The molecule has 26 heavy (non-hydrogen) atoms. The normalized spacial score (nSPS) is 20.5. The summed E-state index contributed by atoms with van der Waals surface area (Å²) in [5, 5.41) is 0. The van der Waals surface area contributed by atoms with E-state index in [1.54, 1.807) is 24.3 Å². The van der Waals surface area contributed by atoms with E-state index in [4.69, 9.17) is 0 Å². The van der Waals surface area contributed by atoms with Crippen LogP contribution >= 0.6 is 0 Å². The minimum absolute atomic E-state index is 0.193. The van der Waals surface area contributed by atoms with Crippen molar-refractivity contribution < 1.29 is 13.2 Å². The molecule has 0 aromatic heterocycles. The van der Waals surface area contributed by atoms with Crippen LogP contribution in [0, 0.1) is 12.8 Å². The molecule has 1 fully saturated rings. The monoisotopic (exact) mass is 371 g/mol. The van der Waals surface area contributed by atoms with Crippen molar-refractivity contribution in [3.8, 4) is 0 Å². The zero-order chi connectivity index (χ0) is 18.7. The van der Waals surface area contributed by atoms with Crippen molar-refractivity contribution in [3.05, 3.63) is 65.7 Å². The van der Waals surface area contributed by atoms with Crippen LogP contribution in [0.5, 0.6) is 0 Å². The Balaban J connectivity index is 1.76. The molecule has 1 amide bonds. The van der Waals surface area contributed by atoms with E-state index in [1.807, 2.05) is 32.0 Å². The summed E-state index contributed by atoms with van der Waals surface area (Å²) in [6.07, 6.45) is 3.03. The highest BCUT2D eigenvalue weighted by molar-refractivity contribution is 7.89. The smallest absolute Gasteiger partial charge is 0.266 e. The number of carbonyl (C=O) groups excluding carboxylic acids is 1. The Labute approximate surface area is 155 Å². The molecule has 0 N–H and O–H groups in total. The van der Waals surface area contributed by atoms with Crippen LogP contribution in [0.25, 0.3) is 0 Å². The summed E-state index contributed by atoms with van der Waals surface area (Å²) >= 11 is 0. The lowest BCUT2D eigenvalue weighted by Crippen LogP contribution is -2.39. The van der Waals surface area contributed by atoms with Gasteiger partial charge in [0.2, 0.25) is 5.91 Å². The molecule has 0 spiro atoms. The van der Waals surface area contributed by atoms with Gasteiger partial charge in [-0.15, -0.1) is 0 Å². The fraction of sp³-hybridized carbons (Fsp3) is 0.381. The second kappa shape index (κ2) is 7.62. The molecule has 3 rings (SSSR count). The van der Waals surface area contributed by atoms with Gasteiger partial charge >= 0.3 is 0 Å². The van der Waals surface area contributed by atoms with Crippen molar-refractivity contribution in [2.24, 2.45) is 5.92 Å². The Hall–Kier alpha value is -2.14. The van der Waals surface area contributed by atoms with Gasteiger partial charge in [0.05, 0.1) is 4.90 Å². The van der Waals surface area contributed by atoms with E-state index in [0.717, 1.165) is 22.7 Å². The second-order valence-electron chi connectivity index (χ2n) is 7.12. The largest absolute Gasteiger partial charge is 0.273 e. The topological polar surface area (TPSA) is 54.5 Å². The van der Waals surface area contributed by atoms with E-state index in [9.17, 15) is 13.2 Å². The average Bonchev–Trinajstić information content (AvgIpc) is 2.91. The Morgan fingerprint density at radius 2 is 1.69 bits per heavy atom. The lowest BCUT2D eigenvalue weighted by molar-refractivity contribution is -0.127. The number of hydrogen-bond donors (Lipinski definition) is 0. The molecule has 0 aliphatic carbocycles. The molecule has 2 aromatic carbocycles. The summed E-state index contributed by atoms with van der Waals surface area (Å²) in [5.41, 5.74) is 2.22. The molecule has 0 radical (unpaired) electrons. The fourth-order valence-electron chi connectivity index (χ4n) is 3.56. The predicted molar refractivity (Wildman–Crippen MR) is 102 cm³/mol. The second-order valence-corrected chi connectivity index (χ2v) is 8.94. The van der Waals surface area contributed by atoms with Crippen LogP contribution in [0.1, 0.15) is 37.3 Å². The number of carbonyl (C=O) groups is 1. The zero-order valence-electron chi connectivity index (χ0n) is 15.3. The molecule has 2 atom stereocenters. The SMILES string of the molecule is Cc1ccc(S(=O)(=O)N2C(=O)C(C)CC2CCCc2ccccc2)cc1. The maximum Gasteiger partial charge on any atom is 0.266 e. The summed E-state index contributed by atoms with van der Waals surface area (Å²) < 4.78 is 27.2. The summed E-state index contributed by atoms with van der Waals surface area (Å²) in [6, 6.07) is 16.6. The highest BCUT2D eigenvalue weighted by Crippen LogP contribution is 2.33. The van der Waals surface area contributed by atoms with E-state index in [1.165, 1.54) is 5.56 Å². The quantitative estimate of drug-likeness (QED) is 0.773. The molecular formula is C21H25NO3S. The molecular weight excluding hydrogens is 346 g/mol. The van der Waals surface area contributed by atoms with Crippen molar-refractivity contribution in [3.63, 3.8) is 0 Å². The zero-order valence-corrected chi connectivity index (χ0v) is 16.1. The number of nitrogens with zero attached hydrogens (tertiary/aromatic N) is 1. The highest BCUT2D eigenvalue weighted by atomic mass is 32.2. The number of sulfonamides is 1. The number of rotatable bonds is 6. The van der Waals surface area contributed by atoms with Gasteiger partial charge in [-0.25, -0.2) is 12.7 Å². The van der Waals surface area contributed by atoms with Crippen LogP contribution in [0.2, 0.25) is 0 Å². The third-order valence-electron chi connectivity index (χ3n) is 5.02. The molecule has 4 nitrogen and oxygen atoms in total. The summed E-state index contributed by atoms with van der Waals surface area (Å²) in [7, 11) is -3.80. The van der Waals surface area contributed by atoms with Gasteiger partial charge in [0.25, 0.3) is 10.0 Å². The number of amides is 1. The summed E-state index contributed by atoms with van der Waals surface area (Å²) in [4.78, 5) is 12.8. The number of hydrogen-bond acceptors (Lipinski definition) is 3. The maximum absolute atomic E-state index is 13.1. The predicted octanol–water partition coefficient (Wildman–Crippen LogP) is 3.94. The molecule has 1 saturated heterocycles. The van der Waals surface area contributed by atoms with E-state index < -0.39 is 10.0 Å². The van der Waals surface area contributed by atoms with Gasteiger partial charge in [0.15, 0.2) is 0 Å². The van der Waals surface area contributed by atoms with E-state index >= 15 is 0 Å². The van der Waals surface area contributed by atoms with Gasteiger partial charge < -0.3 is 0 Å². The van der Waals surface area contributed by atoms with Gasteiger partial charge in [-0.3, -0.25) is 4.79 Å². The van der Waals surface area contributed by atoms with Gasteiger partial charge in [-0.2, -0.15) is 0 Å². The Morgan fingerprint density at radius 3 is 2.35 bits per heavy atom. The van der Waals surface area contributed by atoms with Crippen LogP contribution in [0.3, 0.4) is 0 Å². The van der Waals surface area contributed by atoms with Crippen molar-refractivity contribution in [2.75, 3.05) is 0 Å². The van der Waals surface area contributed by atoms with Crippen LogP contribution in [-0.4, -0.2) is 24.7 Å². The summed E-state index contributed by atoms with van der Waals surface area (Å²) in [6.45, 7) is 3.73. The maximum atomic E-state index is 13.1. The third-order valence-corrected chi connectivity index (χ3v) is 6.88. The molecule has 5 heteroatoms. The van der Waals surface area contributed by atoms with Crippen LogP contribution in [0.4, 0.5) is 0 Å². The van der Waals surface area contributed by atoms with E-state index in [-0.39, 0.29) is 22.8 Å². The fourth-order valence-corrected chi connectivity index (χ4v) is 5.27. The molecule has 0 bridgehead atoms. The summed E-state index contributed by atoms with van der Waals surface area (Å²) in [5.74, 6) is -0.535. The lowest BCUT2D eigenvalue weighted by atomic mass is 10.0. The standard InChI is InChI=1S/C21H25NO3S/c1-16-11-13-20(14-12-16)26(24,25)22-19(15-17(2)21(22)23)10-6-9-18-7-4-3-5-8-18/h3-5,7-8,11-14,17,19H,6,9-10,15H2,1-2H3. The molecule has 1 heterocycles. The minimum atomic E-state index is -3.80. The first-order chi connectivity index (χ1) is 12.4. The van der Waals surface area contributed by atoms with E-state index in [0.29, 0.717) is 12.8 Å². The van der Waals surface area contributed by atoms with Crippen LogP contribution in [0.15, 0.2) is 59.5 Å². The molecule has 138 valence electrons. The van der Waals surface area contributed by atoms with Gasteiger partial charge in [-0.05, 0) is 50.3 Å². The first kappa shape index (κ1) is 18.6. The first-order valence-electron chi connectivity index (χ1n) is 9.08. The van der Waals surface area contributed by atoms with Crippen molar-refractivity contribution in [1.82, 2.24) is 4.31 Å². The Bertz CT molecular complexity index is 860. The van der Waals surface area contributed by atoms with E-state index in [2.05, 4.69) is 12.1 Å². The molecule has 2 aromatic rings. The minimum Gasteiger partial charge on any atom is -0.273 e. The van der Waals surface area contributed by atoms with Gasteiger partial charge in [0.1, 0.15) is 0 Å². The van der Waals surface area contributed by atoms with Crippen LogP contribution < -0.4 is 0 Å². The van der Waals surface area contributed by atoms with Crippen molar-refractivity contribution in [1.29, 1.82) is 0 Å². The molecule has 1 aliphatic heterocycles. The lowest BCUT2D eigenvalue weighted by Gasteiger charge is -2.24. The number of benzene rings is 2. The molecule has 2 unspecified atom stereocenters. The van der Waals surface area contributed by atoms with Gasteiger partial charge in [0, 0.05) is 12.0 Å². The van der Waals surface area contributed by atoms with Gasteiger partial charge in [-0.1, -0.05) is 55.0 Å². The molecule has 1 aliphatic rings. The van der Waals surface area contributed by atoms with Crippen molar-refractivity contribution in [2.45, 2.75) is 50.5 Å². The molecule has 0 saturated carbocycles. The number of aryl methyl sites for hydroxylation is 2. The third kappa shape index (κ3) is 3.83. The van der Waals surface area contributed by atoms with Crippen LogP contribution in [-0.2, 0) is 21.2 Å². The van der Waals surface area contributed by atoms with Crippen molar-refractivity contribution >= 4 is 15.9 Å². The Morgan fingerprint density at radius 1 is 1.04 bits per heavy atom. The average molecular weight is 372 g/mol. The Kier molecular flexibility index (Phi) is 5.47. The highest BCUT2D eigenvalue weighted by Gasteiger charge is 2.44.